The van der Waals surface area contributed by atoms with Gasteiger partial charge in [-0.3, -0.25) is 0 Å². The topological polar surface area (TPSA) is 72.6 Å². The van der Waals surface area contributed by atoms with E-state index in [1.54, 1.807) is 10.4 Å². The minimum atomic E-state index is -3.55. The van der Waals surface area contributed by atoms with Crippen molar-refractivity contribution in [1.82, 2.24) is 4.31 Å². The SMILES string of the molecule is CC1CCCCN1S(=O)(=O)c1cc(N)cc2c1OCCC2. The molecule has 0 aliphatic carbocycles. The Hall–Kier alpha value is -1.27. The van der Waals surface area contributed by atoms with Crippen molar-refractivity contribution in [3.8, 4) is 5.75 Å². The number of piperidine rings is 1. The molecule has 2 aliphatic rings. The number of nitrogen functional groups attached to an aromatic ring is 1. The molecule has 1 atom stereocenters. The Labute approximate surface area is 126 Å². The van der Waals surface area contributed by atoms with Crippen LogP contribution in [0.2, 0.25) is 0 Å². The molecule has 0 aromatic heterocycles. The quantitative estimate of drug-likeness (QED) is 0.850. The van der Waals surface area contributed by atoms with E-state index in [2.05, 4.69) is 0 Å². The zero-order chi connectivity index (χ0) is 15.0. The molecule has 0 radical (unpaired) electrons. The molecular formula is C15H22N2O3S. The summed E-state index contributed by atoms with van der Waals surface area (Å²) in [5.41, 5.74) is 7.30. The highest BCUT2D eigenvalue weighted by atomic mass is 32.2. The summed E-state index contributed by atoms with van der Waals surface area (Å²) in [4.78, 5) is 0.242. The van der Waals surface area contributed by atoms with Gasteiger partial charge in [0.05, 0.1) is 6.61 Å². The molecule has 0 saturated carbocycles. The first-order chi connectivity index (χ1) is 10.00. The molecule has 2 heterocycles. The van der Waals surface area contributed by atoms with Crippen molar-refractivity contribution in [3.63, 3.8) is 0 Å². The molecule has 116 valence electrons. The fraction of sp³-hybridized carbons (Fsp3) is 0.600. The number of aryl methyl sites for hydroxylation is 1. The summed E-state index contributed by atoms with van der Waals surface area (Å²) in [5.74, 6) is 0.508. The standard InChI is InChI=1S/C15H22N2O3S/c1-11-5-2-3-7-17(11)21(18,19)14-10-13(16)9-12-6-4-8-20-15(12)14/h9-11H,2-8,16H2,1H3. The number of benzene rings is 1. The Bertz CT molecular complexity index is 643. The zero-order valence-corrected chi connectivity index (χ0v) is 13.2. The number of rotatable bonds is 2. The second kappa shape index (κ2) is 5.50. The third-order valence-corrected chi connectivity index (χ3v) is 6.34. The van der Waals surface area contributed by atoms with Gasteiger partial charge < -0.3 is 10.5 Å². The average molecular weight is 310 g/mol. The van der Waals surface area contributed by atoms with Crippen LogP contribution in [0.15, 0.2) is 17.0 Å². The number of hydrogen-bond donors (Lipinski definition) is 1. The highest BCUT2D eigenvalue weighted by Gasteiger charge is 2.34. The van der Waals surface area contributed by atoms with E-state index in [-0.39, 0.29) is 10.9 Å². The molecule has 1 unspecified atom stereocenters. The molecular weight excluding hydrogens is 288 g/mol. The van der Waals surface area contributed by atoms with Crippen molar-refractivity contribution in [2.24, 2.45) is 0 Å². The van der Waals surface area contributed by atoms with Gasteiger partial charge in [-0.05, 0) is 50.3 Å². The largest absolute Gasteiger partial charge is 0.492 e. The molecule has 1 aromatic rings. The first-order valence-electron chi connectivity index (χ1n) is 7.57. The van der Waals surface area contributed by atoms with E-state index in [0.717, 1.165) is 37.7 Å². The summed E-state index contributed by atoms with van der Waals surface area (Å²) in [6.45, 7) is 3.11. The van der Waals surface area contributed by atoms with Gasteiger partial charge in [-0.1, -0.05) is 6.42 Å². The Morgan fingerprint density at radius 1 is 1.29 bits per heavy atom. The van der Waals surface area contributed by atoms with Gasteiger partial charge in [0, 0.05) is 18.3 Å². The predicted molar refractivity (Wildman–Crippen MR) is 81.9 cm³/mol. The van der Waals surface area contributed by atoms with Crippen LogP contribution in [-0.4, -0.2) is 31.9 Å². The van der Waals surface area contributed by atoms with E-state index >= 15 is 0 Å². The van der Waals surface area contributed by atoms with E-state index in [9.17, 15) is 8.42 Å². The summed E-state index contributed by atoms with van der Waals surface area (Å²) in [7, 11) is -3.55. The molecule has 0 spiro atoms. The Morgan fingerprint density at radius 2 is 2.10 bits per heavy atom. The second-order valence-electron chi connectivity index (χ2n) is 5.92. The number of anilines is 1. The molecule has 3 rings (SSSR count). The molecule has 2 N–H and O–H groups in total. The molecule has 1 saturated heterocycles. The van der Waals surface area contributed by atoms with Gasteiger partial charge in [-0.15, -0.1) is 0 Å². The van der Waals surface area contributed by atoms with Crippen molar-refractivity contribution in [2.45, 2.75) is 50.0 Å². The number of ether oxygens (including phenoxy) is 1. The third kappa shape index (κ3) is 2.62. The van der Waals surface area contributed by atoms with E-state index in [0.29, 0.717) is 24.6 Å². The highest BCUT2D eigenvalue weighted by molar-refractivity contribution is 7.89. The fourth-order valence-corrected chi connectivity index (χ4v) is 5.13. The van der Waals surface area contributed by atoms with Crippen molar-refractivity contribution < 1.29 is 13.2 Å². The van der Waals surface area contributed by atoms with Gasteiger partial charge in [0.25, 0.3) is 0 Å². The van der Waals surface area contributed by atoms with Crippen LogP contribution in [0, 0.1) is 0 Å². The molecule has 0 amide bonds. The highest BCUT2D eigenvalue weighted by Crippen LogP contribution is 2.37. The summed E-state index contributed by atoms with van der Waals surface area (Å²) in [6, 6.07) is 3.40. The van der Waals surface area contributed by atoms with Gasteiger partial charge in [-0.2, -0.15) is 4.31 Å². The lowest BCUT2D eigenvalue weighted by Crippen LogP contribution is -2.42. The Balaban J connectivity index is 2.08. The summed E-state index contributed by atoms with van der Waals surface area (Å²) < 4.78 is 33.3. The van der Waals surface area contributed by atoms with E-state index in [1.807, 2.05) is 13.0 Å². The lowest BCUT2D eigenvalue weighted by atomic mass is 10.1. The van der Waals surface area contributed by atoms with Crippen LogP contribution in [0.4, 0.5) is 5.69 Å². The monoisotopic (exact) mass is 310 g/mol. The van der Waals surface area contributed by atoms with Gasteiger partial charge in [-0.25, -0.2) is 8.42 Å². The van der Waals surface area contributed by atoms with E-state index < -0.39 is 10.0 Å². The lowest BCUT2D eigenvalue weighted by Gasteiger charge is -2.33. The number of fused-ring (bicyclic) bond motifs is 1. The normalized spacial score (nSPS) is 23.4. The van der Waals surface area contributed by atoms with E-state index in [4.69, 9.17) is 10.5 Å². The van der Waals surface area contributed by atoms with Crippen LogP contribution in [0.5, 0.6) is 5.75 Å². The van der Waals surface area contributed by atoms with Crippen LogP contribution < -0.4 is 10.5 Å². The first-order valence-corrected chi connectivity index (χ1v) is 9.01. The first kappa shape index (κ1) is 14.7. The maximum absolute atomic E-state index is 13.0. The minimum absolute atomic E-state index is 0.0319. The van der Waals surface area contributed by atoms with Gasteiger partial charge in [0.15, 0.2) is 0 Å². The molecule has 1 fully saturated rings. The maximum Gasteiger partial charge on any atom is 0.247 e. The summed E-state index contributed by atoms with van der Waals surface area (Å²) in [5, 5.41) is 0. The second-order valence-corrected chi connectivity index (χ2v) is 7.78. The number of nitrogens with two attached hydrogens (primary N) is 1. The smallest absolute Gasteiger partial charge is 0.247 e. The zero-order valence-electron chi connectivity index (χ0n) is 12.3. The molecule has 5 nitrogen and oxygen atoms in total. The lowest BCUT2D eigenvalue weighted by molar-refractivity contribution is 0.261. The van der Waals surface area contributed by atoms with Crippen molar-refractivity contribution in [3.05, 3.63) is 17.7 Å². The number of nitrogens with zero attached hydrogens (tertiary/aromatic N) is 1. The Morgan fingerprint density at radius 3 is 2.86 bits per heavy atom. The summed E-state index contributed by atoms with van der Waals surface area (Å²) >= 11 is 0. The van der Waals surface area contributed by atoms with Crippen molar-refractivity contribution in [2.75, 3.05) is 18.9 Å². The Kier molecular flexibility index (Phi) is 3.84. The van der Waals surface area contributed by atoms with Crippen LogP contribution in [0.1, 0.15) is 38.2 Å². The number of hydrogen-bond acceptors (Lipinski definition) is 4. The van der Waals surface area contributed by atoms with E-state index in [1.165, 1.54) is 0 Å². The van der Waals surface area contributed by atoms with Gasteiger partial charge >= 0.3 is 0 Å². The fourth-order valence-electron chi connectivity index (χ4n) is 3.22. The molecule has 0 bridgehead atoms. The molecule has 6 heteroatoms. The number of sulfonamides is 1. The maximum atomic E-state index is 13.0. The van der Waals surface area contributed by atoms with Crippen LogP contribution >= 0.6 is 0 Å². The molecule has 2 aliphatic heterocycles. The van der Waals surface area contributed by atoms with Crippen LogP contribution in [-0.2, 0) is 16.4 Å². The van der Waals surface area contributed by atoms with Crippen molar-refractivity contribution in [1.29, 1.82) is 0 Å². The average Bonchev–Trinajstić information content (AvgIpc) is 2.46. The van der Waals surface area contributed by atoms with Crippen LogP contribution in [0.25, 0.3) is 0 Å². The molecule has 21 heavy (non-hydrogen) atoms. The third-order valence-electron chi connectivity index (χ3n) is 4.32. The summed E-state index contributed by atoms with van der Waals surface area (Å²) in [6.07, 6.45) is 4.62. The van der Waals surface area contributed by atoms with Gasteiger partial charge in [0.2, 0.25) is 10.0 Å². The molecule has 1 aromatic carbocycles. The van der Waals surface area contributed by atoms with Gasteiger partial charge in [0.1, 0.15) is 10.6 Å². The predicted octanol–water partition coefficient (Wildman–Crippen LogP) is 2.16. The van der Waals surface area contributed by atoms with Crippen LogP contribution in [0.3, 0.4) is 0 Å². The minimum Gasteiger partial charge on any atom is -0.492 e. The van der Waals surface area contributed by atoms with Crippen molar-refractivity contribution >= 4 is 15.7 Å².